The Morgan fingerprint density at radius 3 is 2.64 bits per heavy atom. The molecule has 2 aromatic rings. The van der Waals surface area contributed by atoms with Crippen LogP contribution >= 0.6 is 0 Å². The van der Waals surface area contributed by atoms with E-state index in [0.29, 0.717) is 26.1 Å². The zero-order valence-electron chi connectivity index (χ0n) is 15.0. The van der Waals surface area contributed by atoms with Gasteiger partial charge in [0.05, 0.1) is 6.20 Å². The van der Waals surface area contributed by atoms with Crippen LogP contribution in [0.2, 0.25) is 0 Å². The number of hydrogen-bond donors (Lipinski definition) is 1. The van der Waals surface area contributed by atoms with Crippen molar-refractivity contribution in [3.8, 4) is 0 Å². The van der Waals surface area contributed by atoms with Crippen LogP contribution in [-0.2, 0) is 23.7 Å². The molecule has 0 radical (unpaired) electrons. The van der Waals surface area contributed by atoms with Crippen molar-refractivity contribution in [3.63, 3.8) is 0 Å². The first-order valence-corrected chi connectivity index (χ1v) is 9.99. The van der Waals surface area contributed by atoms with Gasteiger partial charge in [0.25, 0.3) is 10.2 Å². The Bertz CT molecular complexity index is 815. The molecule has 1 N–H and O–H groups in total. The molecule has 1 aromatic heterocycles. The Balaban J connectivity index is 1.64. The minimum absolute atomic E-state index is 0.128. The third-order valence-corrected chi connectivity index (χ3v) is 6.45. The lowest BCUT2D eigenvalue weighted by Crippen LogP contribution is -2.40. The molecule has 2 heterocycles. The second-order valence-electron chi connectivity index (χ2n) is 7.42. The lowest BCUT2D eigenvalue weighted by Gasteiger charge is -2.24. The summed E-state index contributed by atoms with van der Waals surface area (Å²) < 4.78 is 31.4. The van der Waals surface area contributed by atoms with Gasteiger partial charge < -0.3 is 0 Å². The number of aryl methyl sites for hydroxylation is 1. The predicted octanol–water partition coefficient (Wildman–Crippen LogP) is 1.92. The lowest BCUT2D eigenvalue weighted by atomic mass is 9.79. The molecular formula is C18H26N4O2S. The van der Waals surface area contributed by atoms with E-state index in [2.05, 4.69) is 23.7 Å². The average Bonchev–Trinajstić information content (AvgIpc) is 3.11. The van der Waals surface area contributed by atoms with Gasteiger partial charge in [0, 0.05) is 38.8 Å². The summed E-state index contributed by atoms with van der Waals surface area (Å²) in [6, 6.07) is 9.90. The average molecular weight is 362 g/mol. The van der Waals surface area contributed by atoms with Crippen molar-refractivity contribution >= 4 is 10.2 Å². The molecule has 0 aliphatic carbocycles. The van der Waals surface area contributed by atoms with E-state index in [9.17, 15) is 8.42 Å². The third kappa shape index (κ3) is 4.11. The van der Waals surface area contributed by atoms with Gasteiger partial charge in [-0.05, 0) is 23.0 Å². The number of nitrogens with zero attached hydrogens (tertiary/aromatic N) is 3. The fourth-order valence-corrected chi connectivity index (χ4v) is 4.89. The molecule has 1 aromatic carbocycles. The summed E-state index contributed by atoms with van der Waals surface area (Å²) in [7, 11) is -1.60. The predicted molar refractivity (Wildman–Crippen MR) is 98.4 cm³/mol. The zero-order valence-corrected chi connectivity index (χ0v) is 15.8. The maximum absolute atomic E-state index is 12.7. The van der Waals surface area contributed by atoms with Gasteiger partial charge in [-0.25, -0.2) is 4.72 Å². The number of benzene rings is 1. The molecule has 1 aliphatic rings. The Morgan fingerprint density at radius 1 is 1.28 bits per heavy atom. The largest absolute Gasteiger partial charge is 0.279 e. The standard InChI is InChI=1S/C18H26N4O2S/c1-18(2)14-22(13-17(18)16-11-19-21(3)12-16)25(23,24)20-10-9-15-7-5-4-6-8-15/h4-8,11-12,17,20H,9-10,13-14H2,1-3H3. The van der Waals surface area contributed by atoms with Crippen LogP contribution in [0.25, 0.3) is 0 Å². The van der Waals surface area contributed by atoms with Gasteiger partial charge in [-0.2, -0.15) is 17.8 Å². The highest BCUT2D eigenvalue weighted by molar-refractivity contribution is 7.87. The molecule has 6 nitrogen and oxygen atoms in total. The summed E-state index contributed by atoms with van der Waals surface area (Å²) in [4.78, 5) is 0. The minimum Gasteiger partial charge on any atom is -0.276 e. The van der Waals surface area contributed by atoms with Gasteiger partial charge in [0.1, 0.15) is 0 Å². The molecule has 1 fully saturated rings. The first-order valence-electron chi connectivity index (χ1n) is 8.55. The lowest BCUT2D eigenvalue weighted by molar-refractivity contribution is 0.345. The first-order chi connectivity index (χ1) is 11.8. The maximum Gasteiger partial charge on any atom is 0.279 e. The van der Waals surface area contributed by atoms with Gasteiger partial charge in [-0.1, -0.05) is 44.2 Å². The van der Waals surface area contributed by atoms with Crippen LogP contribution in [0.1, 0.15) is 30.9 Å². The highest BCUT2D eigenvalue weighted by Gasteiger charge is 2.44. The minimum atomic E-state index is -3.48. The van der Waals surface area contributed by atoms with Gasteiger partial charge in [0.2, 0.25) is 0 Å². The number of hydrogen-bond acceptors (Lipinski definition) is 3. The zero-order chi connectivity index (χ0) is 18.1. The monoisotopic (exact) mass is 362 g/mol. The number of aromatic nitrogens is 2. The molecule has 1 aliphatic heterocycles. The van der Waals surface area contributed by atoms with E-state index in [1.807, 2.05) is 49.8 Å². The molecule has 0 spiro atoms. The quantitative estimate of drug-likeness (QED) is 0.854. The van der Waals surface area contributed by atoms with Crippen molar-refractivity contribution in [2.24, 2.45) is 12.5 Å². The molecule has 3 rings (SSSR count). The second kappa shape index (κ2) is 6.90. The van der Waals surface area contributed by atoms with E-state index in [1.54, 1.807) is 8.99 Å². The highest BCUT2D eigenvalue weighted by Crippen LogP contribution is 2.42. The highest BCUT2D eigenvalue weighted by atomic mass is 32.2. The van der Waals surface area contributed by atoms with Gasteiger partial charge >= 0.3 is 0 Å². The van der Waals surface area contributed by atoms with Crippen LogP contribution in [-0.4, -0.2) is 42.1 Å². The Kier molecular flexibility index (Phi) is 4.99. The van der Waals surface area contributed by atoms with E-state index < -0.39 is 10.2 Å². The molecule has 0 amide bonds. The summed E-state index contributed by atoms with van der Waals surface area (Å²) in [5, 5.41) is 4.23. The fraction of sp³-hybridized carbons (Fsp3) is 0.500. The maximum atomic E-state index is 12.7. The van der Waals surface area contributed by atoms with Gasteiger partial charge in [-0.15, -0.1) is 0 Å². The summed E-state index contributed by atoms with van der Waals surface area (Å²) in [6.45, 7) is 5.63. The summed E-state index contributed by atoms with van der Waals surface area (Å²) in [6.07, 6.45) is 4.50. The van der Waals surface area contributed by atoms with Crippen molar-refractivity contribution in [1.29, 1.82) is 0 Å². The van der Waals surface area contributed by atoms with Crippen molar-refractivity contribution in [3.05, 3.63) is 53.9 Å². The van der Waals surface area contributed by atoms with Crippen molar-refractivity contribution < 1.29 is 8.42 Å². The molecule has 25 heavy (non-hydrogen) atoms. The SMILES string of the molecule is Cn1cc(C2CN(S(=O)(=O)NCCc3ccccc3)CC2(C)C)cn1. The normalized spacial score (nSPS) is 20.8. The molecule has 1 unspecified atom stereocenters. The fourth-order valence-electron chi connectivity index (χ4n) is 3.50. The van der Waals surface area contributed by atoms with Crippen LogP contribution in [0.3, 0.4) is 0 Å². The third-order valence-electron chi connectivity index (χ3n) is 4.92. The molecule has 0 bridgehead atoms. The van der Waals surface area contributed by atoms with Gasteiger partial charge in [-0.3, -0.25) is 4.68 Å². The Morgan fingerprint density at radius 2 is 2.00 bits per heavy atom. The molecule has 7 heteroatoms. The van der Waals surface area contributed by atoms with Crippen LogP contribution in [0.4, 0.5) is 0 Å². The topological polar surface area (TPSA) is 67.2 Å². The van der Waals surface area contributed by atoms with E-state index in [4.69, 9.17) is 0 Å². The first kappa shape index (κ1) is 18.1. The van der Waals surface area contributed by atoms with Crippen molar-refractivity contribution in [2.45, 2.75) is 26.2 Å². The Hall–Kier alpha value is -1.70. The molecule has 1 atom stereocenters. The summed E-state index contributed by atoms with van der Waals surface area (Å²) in [5.74, 6) is 0.145. The van der Waals surface area contributed by atoms with Crippen LogP contribution < -0.4 is 4.72 Å². The summed E-state index contributed by atoms with van der Waals surface area (Å²) in [5.41, 5.74) is 2.09. The van der Waals surface area contributed by atoms with Crippen LogP contribution in [0.5, 0.6) is 0 Å². The van der Waals surface area contributed by atoms with Crippen molar-refractivity contribution in [2.75, 3.05) is 19.6 Å². The van der Waals surface area contributed by atoms with E-state index in [1.165, 1.54) is 0 Å². The summed E-state index contributed by atoms with van der Waals surface area (Å²) >= 11 is 0. The molecule has 0 saturated carbocycles. The molecule has 1 saturated heterocycles. The molecule has 136 valence electrons. The van der Waals surface area contributed by atoms with E-state index >= 15 is 0 Å². The second-order valence-corrected chi connectivity index (χ2v) is 9.17. The van der Waals surface area contributed by atoms with E-state index in [-0.39, 0.29) is 11.3 Å². The smallest absolute Gasteiger partial charge is 0.276 e. The number of rotatable bonds is 6. The van der Waals surface area contributed by atoms with Crippen molar-refractivity contribution in [1.82, 2.24) is 18.8 Å². The van der Waals surface area contributed by atoms with Gasteiger partial charge in [0.15, 0.2) is 0 Å². The van der Waals surface area contributed by atoms with Crippen LogP contribution in [0, 0.1) is 5.41 Å². The number of nitrogens with one attached hydrogen (secondary N) is 1. The molecular weight excluding hydrogens is 336 g/mol. The van der Waals surface area contributed by atoms with E-state index in [0.717, 1.165) is 11.1 Å². The van der Waals surface area contributed by atoms with Crippen LogP contribution in [0.15, 0.2) is 42.7 Å². The Labute approximate surface area is 150 Å².